The van der Waals surface area contributed by atoms with Gasteiger partial charge in [0, 0.05) is 5.56 Å². The molecule has 0 radical (unpaired) electrons. The van der Waals surface area contributed by atoms with E-state index in [1.165, 1.54) is 19.6 Å². The molecule has 0 atom stereocenters. The van der Waals surface area contributed by atoms with Crippen LogP contribution in [0.4, 0.5) is 0 Å². The molecule has 1 rings (SSSR count). The average molecular weight is 256 g/mol. The number of carbonyl (C=O) groups is 1. The Labute approximate surface area is 110 Å². The van der Waals surface area contributed by atoms with Gasteiger partial charge in [0.25, 0.3) is 5.24 Å². The van der Waals surface area contributed by atoms with Gasteiger partial charge in [-0.25, -0.2) is 0 Å². The molecular weight excluding hydrogens is 234 g/mol. The summed E-state index contributed by atoms with van der Waals surface area (Å²) >= 11 is 5.22. The van der Waals surface area contributed by atoms with E-state index >= 15 is 0 Å². The van der Waals surface area contributed by atoms with Gasteiger partial charge in [0.15, 0.2) is 0 Å². The van der Waals surface area contributed by atoms with E-state index in [0.29, 0.717) is 5.56 Å². The lowest BCUT2D eigenvalue weighted by Gasteiger charge is -2.13. The van der Waals surface area contributed by atoms with Gasteiger partial charge in [0.1, 0.15) is 0 Å². The summed E-state index contributed by atoms with van der Waals surface area (Å²) in [7, 11) is 0. The maximum absolute atomic E-state index is 10.5. The maximum atomic E-state index is 10.5. The van der Waals surface area contributed by atoms with Gasteiger partial charge in [0.2, 0.25) is 0 Å². The normalized spacial score (nSPS) is 9.76. The lowest BCUT2D eigenvalue weighted by atomic mass is 10.2. The predicted octanol–water partition coefficient (Wildman–Crippen LogP) is 3.72. The molecule has 0 aliphatic rings. The molecule has 0 aliphatic heterocycles. The summed E-state index contributed by atoms with van der Waals surface area (Å²) in [6.45, 7) is 12.1. The molecule has 0 saturated heterocycles. The molecule has 0 heterocycles. The highest BCUT2D eigenvalue weighted by Crippen LogP contribution is 2.05. The van der Waals surface area contributed by atoms with Crippen LogP contribution in [0.5, 0.6) is 0 Å². The van der Waals surface area contributed by atoms with Crippen molar-refractivity contribution in [3.05, 3.63) is 35.4 Å². The Morgan fingerprint density at radius 1 is 1.06 bits per heavy atom. The van der Waals surface area contributed by atoms with Crippen LogP contribution in [0.15, 0.2) is 24.3 Å². The lowest BCUT2D eigenvalue weighted by Crippen LogP contribution is -2.21. The summed E-state index contributed by atoms with van der Waals surface area (Å²) in [5.41, 5.74) is 1.67. The highest BCUT2D eigenvalue weighted by Gasteiger charge is 1.97. The van der Waals surface area contributed by atoms with E-state index in [1.807, 2.05) is 19.1 Å². The van der Waals surface area contributed by atoms with Gasteiger partial charge < -0.3 is 4.90 Å². The zero-order chi connectivity index (χ0) is 13.3. The Morgan fingerprint density at radius 2 is 1.47 bits per heavy atom. The molecule has 0 N–H and O–H groups in total. The van der Waals surface area contributed by atoms with Gasteiger partial charge in [-0.2, -0.15) is 0 Å². The number of hydrogen-bond donors (Lipinski definition) is 0. The first-order valence-electron chi connectivity index (χ1n) is 6.03. The third kappa shape index (κ3) is 7.14. The molecule has 3 heteroatoms. The molecule has 0 saturated carbocycles. The molecule has 0 fully saturated rings. The first-order valence-corrected chi connectivity index (χ1v) is 6.41. The zero-order valence-electron chi connectivity index (χ0n) is 11.2. The van der Waals surface area contributed by atoms with Gasteiger partial charge in [-0.15, -0.1) is 0 Å². The van der Waals surface area contributed by atoms with Crippen molar-refractivity contribution in [3.8, 4) is 0 Å². The predicted molar refractivity (Wildman–Crippen MR) is 74.8 cm³/mol. The minimum absolute atomic E-state index is 0.403. The Balaban J connectivity index is 0.000000325. The number of hydrogen-bond acceptors (Lipinski definition) is 2. The summed E-state index contributed by atoms with van der Waals surface area (Å²) in [6.07, 6.45) is 0. The second kappa shape index (κ2) is 9.20. The Bertz CT molecular complexity index is 312. The van der Waals surface area contributed by atoms with Crippen molar-refractivity contribution in [3.63, 3.8) is 0 Å². The summed E-state index contributed by atoms with van der Waals surface area (Å²) in [5, 5.41) is -0.403. The van der Waals surface area contributed by atoms with Crippen LogP contribution in [0.2, 0.25) is 0 Å². The smallest absolute Gasteiger partial charge is 0.252 e. The Kier molecular flexibility index (Phi) is 8.73. The summed E-state index contributed by atoms with van der Waals surface area (Å²) in [4.78, 5) is 12.9. The zero-order valence-corrected chi connectivity index (χ0v) is 11.9. The molecule has 96 valence electrons. The van der Waals surface area contributed by atoms with Gasteiger partial charge in [-0.05, 0) is 50.3 Å². The molecule has 0 bridgehead atoms. The SMILES string of the molecule is CCN(CC)CC.Cc1ccc(C(=O)Cl)cc1. The first-order chi connectivity index (χ1) is 8.04. The molecule has 0 unspecified atom stereocenters. The number of aryl methyl sites for hydroxylation is 1. The van der Waals surface area contributed by atoms with E-state index in [9.17, 15) is 4.79 Å². The van der Waals surface area contributed by atoms with E-state index in [0.717, 1.165) is 5.56 Å². The minimum Gasteiger partial charge on any atom is -0.304 e. The van der Waals surface area contributed by atoms with Gasteiger partial charge in [0.05, 0.1) is 0 Å². The quantitative estimate of drug-likeness (QED) is 0.765. The van der Waals surface area contributed by atoms with Crippen LogP contribution in [-0.4, -0.2) is 29.8 Å². The molecular formula is C14H22ClNO. The fourth-order valence-corrected chi connectivity index (χ4v) is 1.48. The summed E-state index contributed by atoms with van der Waals surface area (Å²) in [5.74, 6) is 0. The van der Waals surface area contributed by atoms with E-state index < -0.39 is 5.24 Å². The largest absolute Gasteiger partial charge is 0.304 e. The molecule has 1 aromatic rings. The van der Waals surface area contributed by atoms with Crippen LogP contribution in [0.3, 0.4) is 0 Å². The number of benzene rings is 1. The topological polar surface area (TPSA) is 20.3 Å². The van der Waals surface area contributed by atoms with Crippen LogP contribution in [0.25, 0.3) is 0 Å². The number of halogens is 1. The Morgan fingerprint density at radius 3 is 1.71 bits per heavy atom. The highest BCUT2D eigenvalue weighted by atomic mass is 35.5. The monoisotopic (exact) mass is 255 g/mol. The molecule has 2 nitrogen and oxygen atoms in total. The third-order valence-corrected chi connectivity index (χ3v) is 2.84. The van der Waals surface area contributed by atoms with Crippen LogP contribution in [0.1, 0.15) is 36.7 Å². The number of nitrogens with zero attached hydrogens (tertiary/aromatic N) is 1. The van der Waals surface area contributed by atoms with Gasteiger partial charge in [-0.3, -0.25) is 4.79 Å². The van der Waals surface area contributed by atoms with Crippen LogP contribution >= 0.6 is 11.6 Å². The molecule has 0 aromatic heterocycles. The second-order valence-corrected chi connectivity index (χ2v) is 4.10. The molecule has 0 amide bonds. The van der Waals surface area contributed by atoms with Gasteiger partial charge >= 0.3 is 0 Å². The lowest BCUT2D eigenvalue weighted by molar-refractivity contribution is 0.108. The number of carbonyl (C=O) groups excluding carboxylic acids is 1. The van der Waals surface area contributed by atoms with Crippen LogP contribution in [-0.2, 0) is 0 Å². The van der Waals surface area contributed by atoms with Crippen molar-refractivity contribution >= 4 is 16.8 Å². The van der Waals surface area contributed by atoms with E-state index in [1.54, 1.807) is 12.1 Å². The average Bonchev–Trinajstić information content (AvgIpc) is 2.32. The van der Waals surface area contributed by atoms with Crippen LogP contribution < -0.4 is 0 Å². The fraction of sp³-hybridized carbons (Fsp3) is 0.500. The van der Waals surface area contributed by atoms with Crippen molar-refractivity contribution in [2.24, 2.45) is 0 Å². The molecule has 0 aliphatic carbocycles. The summed E-state index contributed by atoms with van der Waals surface area (Å²) < 4.78 is 0. The van der Waals surface area contributed by atoms with Crippen molar-refractivity contribution in [1.82, 2.24) is 4.90 Å². The second-order valence-electron chi connectivity index (χ2n) is 3.76. The van der Waals surface area contributed by atoms with Crippen molar-refractivity contribution < 1.29 is 4.79 Å². The highest BCUT2D eigenvalue weighted by molar-refractivity contribution is 6.67. The van der Waals surface area contributed by atoms with Crippen molar-refractivity contribution in [2.75, 3.05) is 19.6 Å². The molecule has 17 heavy (non-hydrogen) atoms. The fourth-order valence-electron chi connectivity index (χ4n) is 1.36. The third-order valence-electron chi connectivity index (χ3n) is 2.62. The van der Waals surface area contributed by atoms with Gasteiger partial charge in [-0.1, -0.05) is 38.5 Å². The maximum Gasteiger partial charge on any atom is 0.252 e. The minimum atomic E-state index is -0.403. The molecule has 1 aromatic carbocycles. The van der Waals surface area contributed by atoms with E-state index in [2.05, 4.69) is 25.7 Å². The van der Waals surface area contributed by atoms with E-state index in [-0.39, 0.29) is 0 Å². The van der Waals surface area contributed by atoms with Crippen molar-refractivity contribution in [2.45, 2.75) is 27.7 Å². The summed E-state index contributed by atoms with van der Waals surface area (Å²) in [6, 6.07) is 7.14. The Hall–Kier alpha value is -0.860. The van der Waals surface area contributed by atoms with Crippen molar-refractivity contribution in [1.29, 1.82) is 0 Å². The van der Waals surface area contributed by atoms with E-state index in [4.69, 9.17) is 11.6 Å². The number of rotatable bonds is 4. The standard InChI is InChI=1S/C8H7ClO.C6H15N/c1-6-2-4-7(5-3-6)8(9)10;1-4-7(5-2)6-3/h2-5H,1H3;4-6H2,1-3H3. The first kappa shape index (κ1) is 16.1. The molecule has 0 spiro atoms. The van der Waals surface area contributed by atoms with Crippen LogP contribution in [0, 0.1) is 6.92 Å².